The molecule has 0 saturated carbocycles. The first-order valence-electron chi connectivity index (χ1n) is 11.7. The largest absolute Gasteiger partial charge is 0.489 e. The van der Waals surface area contributed by atoms with E-state index in [0.717, 1.165) is 30.6 Å². The molecule has 0 aliphatic carbocycles. The molecule has 0 heterocycles. The van der Waals surface area contributed by atoms with Gasteiger partial charge in [0.15, 0.2) is 0 Å². The highest BCUT2D eigenvalue weighted by Gasteiger charge is 2.10. The van der Waals surface area contributed by atoms with E-state index in [9.17, 15) is 5.11 Å². The summed E-state index contributed by atoms with van der Waals surface area (Å²) in [5.74, 6) is 0.914. The molecule has 3 aromatic carbocycles. The van der Waals surface area contributed by atoms with Crippen LogP contribution in [0.25, 0.3) is 11.1 Å². The molecular formula is C29H36O2. The monoisotopic (exact) mass is 416 g/mol. The van der Waals surface area contributed by atoms with Crippen LogP contribution in [0.1, 0.15) is 67.9 Å². The molecule has 1 N–H and O–H groups in total. The lowest BCUT2D eigenvalue weighted by Crippen LogP contribution is -1.99. The number of hydrogen-bond donors (Lipinski definition) is 1. The average molecular weight is 417 g/mol. The maximum absolute atomic E-state index is 9.46. The summed E-state index contributed by atoms with van der Waals surface area (Å²) in [6.07, 6.45) is 6.88. The topological polar surface area (TPSA) is 29.5 Å². The molecule has 31 heavy (non-hydrogen) atoms. The van der Waals surface area contributed by atoms with Crippen LogP contribution in [0.15, 0.2) is 60.7 Å². The number of aryl methyl sites for hydroxylation is 3. The molecule has 2 nitrogen and oxygen atoms in total. The molecular weight excluding hydrogens is 380 g/mol. The van der Waals surface area contributed by atoms with Crippen LogP contribution < -0.4 is 4.74 Å². The van der Waals surface area contributed by atoms with E-state index in [1.807, 2.05) is 6.07 Å². The zero-order valence-corrected chi connectivity index (χ0v) is 19.3. The van der Waals surface area contributed by atoms with Gasteiger partial charge in [-0.2, -0.15) is 0 Å². The predicted molar refractivity (Wildman–Crippen MR) is 131 cm³/mol. The van der Waals surface area contributed by atoms with Crippen LogP contribution in [0.3, 0.4) is 0 Å². The lowest BCUT2D eigenvalue weighted by Gasteiger charge is -2.15. The molecule has 0 amide bonds. The van der Waals surface area contributed by atoms with Crippen LogP contribution in [0, 0.1) is 0 Å². The first kappa shape index (κ1) is 23.1. The third kappa shape index (κ3) is 6.21. The number of unbranched alkanes of at least 4 members (excludes halogenated alkanes) is 2. The van der Waals surface area contributed by atoms with Crippen molar-refractivity contribution in [2.75, 3.05) is 0 Å². The second-order valence-corrected chi connectivity index (χ2v) is 8.24. The molecule has 2 heteroatoms. The Kier molecular flexibility index (Phi) is 8.73. The number of aliphatic hydroxyl groups is 1. The minimum Gasteiger partial charge on any atom is -0.489 e. The van der Waals surface area contributed by atoms with Crippen molar-refractivity contribution in [2.45, 2.75) is 72.5 Å². The summed E-state index contributed by atoms with van der Waals surface area (Å²) in [6, 6.07) is 21.5. The molecule has 3 rings (SSSR count). The zero-order valence-electron chi connectivity index (χ0n) is 19.3. The predicted octanol–water partition coefficient (Wildman–Crippen LogP) is 7.28. The Bertz CT molecular complexity index is 957. The van der Waals surface area contributed by atoms with Crippen LogP contribution in [0.2, 0.25) is 0 Å². The highest BCUT2D eigenvalue weighted by Crippen LogP contribution is 2.32. The van der Waals surface area contributed by atoms with E-state index >= 15 is 0 Å². The summed E-state index contributed by atoms with van der Waals surface area (Å²) in [5.41, 5.74) is 8.65. The fourth-order valence-electron chi connectivity index (χ4n) is 4.06. The summed E-state index contributed by atoms with van der Waals surface area (Å²) in [7, 11) is 0. The fourth-order valence-corrected chi connectivity index (χ4v) is 4.06. The molecule has 0 spiro atoms. The van der Waals surface area contributed by atoms with Gasteiger partial charge in [0.25, 0.3) is 0 Å². The number of aliphatic hydroxyl groups excluding tert-OH is 1. The van der Waals surface area contributed by atoms with E-state index in [2.05, 4.69) is 75.4 Å². The Morgan fingerprint density at radius 3 is 1.94 bits per heavy atom. The van der Waals surface area contributed by atoms with Crippen molar-refractivity contribution >= 4 is 0 Å². The molecule has 0 saturated heterocycles. The maximum Gasteiger partial charge on any atom is 0.120 e. The summed E-state index contributed by atoms with van der Waals surface area (Å²) >= 11 is 0. The second-order valence-electron chi connectivity index (χ2n) is 8.24. The van der Waals surface area contributed by atoms with Crippen molar-refractivity contribution < 1.29 is 9.84 Å². The molecule has 0 atom stereocenters. The molecule has 0 bridgehead atoms. The minimum absolute atomic E-state index is 0.0837. The van der Waals surface area contributed by atoms with Crippen LogP contribution in [0.4, 0.5) is 0 Å². The third-order valence-corrected chi connectivity index (χ3v) is 5.98. The zero-order chi connectivity index (χ0) is 22.1. The quantitative estimate of drug-likeness (QED) is 0.333. The van der Waals surface area contributed by atoms with Crippen molar-refractivity contribution in [3.05, 3.63) is 88.5 Å². The molecule has 0 unspecified atom stereocenters. The Balaban J connectivity index is 1.70. The molecule has 0 aliphatic heterocycles. The summed E-state index contributed by atoms with van der Waals surface area (Å²) in [6.45, 7) is 7.27. The summed E-state index contributed by atoms with van der Waals surface area (Å²) in [5, 5.41) is 9.46. The summed E-state index contributed by atoms with van der Waals surface area (Å²) in [4.78, 5) is 0. The van der Waals surface area contributed by atoms with E-state index in [1.54, 1.807) is 0 Å². The summed E-state index contributed by atoms with van der Waals surface area (Å²) < 4.78 is 6.12. The van der Waals surface area contributed by atoms with Gasteiger partial charge in [0.05, 0.1) is 6.61 Å². The first-order chi connectivity index (χ1) is 15.2. The van der Waals surface area contributed by atoms with Crippen molar-refractivity contribution in [2.24, 2.45) is 0 Å². The van der Waals surface area contributed by atoms with E-state index < -0.39 is 0 Å². The number of ether oxygens (including phenoxy) is 1. The van der Waals surface area contributed by atoms with Gasteiger partial charge >= 0.3 is 0 Å². The standard InChI is InChI=1S/C29H36O2/c1-4-7-8-9-22-10-12-23(13-11-22)21-31-27-15-17-29(26(6-3)19-27)28-16-14-24(20-30)18-25(28)5-2/h10-19,30H,4-9,20-21H2,1-3H3. The Morgan fingerprint density at radius 1 is 0.677 bits per heavy atom. The van der Waals surface area contributed by atoms with Crippen molar-refractivity contribution in [1.29, 1.82) is 0 Å². The molecule has 0 radical (unpaired) electrons. The average Bonchev–Trinajstić information content (AvgIpc) is 2.83. The van der Waals surface area contributed by atoms with E-state index in [1.165, 1.54) is 52.6 Å². The lowest BCUT2D eigenvalue weighted by molar-refractivity contribution is 0.282. The van der Waals surface area contributed by atoms with Crippen molar-refractivity contribution in [3.8, 4) is 16.9 Å². The molecule has 0 aliphatic rings. The van der Waals surface area contributed by atoms with Gasteiger partial charge in [0, 0.05) is 0 Å². The van der Waals surface area contributed by atoms with Gasteiger partial charge in [-0.05, 0) is 76.8 Å². The maximum atomic E-state index is 9.46. The highest BCUT2D eigenvalue weighted by molar-refractivity contribution is 5.72. The van der Waals surface area contributed by atoms with Gasteiger partial charge in [-0.25, -0.2) is 0 Å². The second kappa shape index (κ2) is 11.7. The Hall–Kier alpha value is -2.58. The Morgan fingerprint density at radius 2 is 1.29 bits per heavy atom. The van der Waals surface area contributed by atoms with Crippen molar-refractivity contribution in [3.63, 3.8) is 0 Å². The molecule has 3 aromatic rings. The van der Waals surface area contributed by atoms with Crippen LogP contribution in [-0.4, -0.2) is 5.11 Å². The normalized spacial score (nSPS) is 11.0. The minimum atomic E-state index is 0.0837. The first-order valence-corrected chi connectivity index (χ1v) is 11.7. The Labute approximate surface area is 187 Å². The smallest absolute Gasteiger partial charge is 0.120 e. The molecule has 0 fully saturated rings. The SMILES string of the molecule is CCCCCc1ccc(COc2ccc(-c3ccc(CO)cc3CC)c(CC)c2)cc1. The van der Waals surface area contributed by atoms with Crippen LogP contribution in [-0.2, 0) is 32.5 Å². The number of rotatable bonds is 11. The van der Waals surface area contributed by atoms with Gasteiger partial charge in [0.1, 0.15) is 12.4 Å². The van der Waals surface area contributed by atoms with E-state index in [0.29, 0.717) is 6.61 Å². The van der Waals surface area contributed by atoms with E-state index in [4.69, 9.17) is 4.74 Å². The van der Waals surface area contributed by atoms with Gasteiger partial charge in [-0.1, -0.05) is 82.1 Å². The fraction of sp³-hybridized carbons (Fsp3) is 0.379. The van der Waals surface area contributed by atoms with Crippen LogP contribution in [0.5, 0.6) is 5.75 Å². The molecule has 164 valence electrons. The lowest BCUT2D eigenvalue weighted by atomic mass is 9.92. The van der Waals surface area contributed by atoms with Gasteiger partial charge in [0.2, 0.25) is 0 Å². The van der Waals surface area contributed by atoms with Crippen molar-refractivity contribution in [1.82, 2.24) is 0 Å². The highest BCUT2D eigenvalue weighted by atomic mass is 16.5. The van der Waals surface area contributed by atoms with E-state index in [-0.39, 0.29) is 6.61 Å². The number of benzene rings is 3. The molecule has 0 aromatic heterocycles. The third-order valence-electron chi connectivity index (χ3n) is 5.98. The van der Waals surface area contributed by atoms with Gasteiger partial charge in [-0.15, -0.1) is 0 Å². The van der Waals surface area contributed by atoms with Crippen LogP contribution >= 0.6 is 0 Å². The van der Waals surface area contributed by atoms with Gasteiger partial charge < -0.3 is 9.84 Å². The number of hydrogen-bond acceptors (Lipinski definition) is 2. The van der Waals surface area contributed by atoms with Gasteiger partial charge in [-0.3, -0.25) is 0 Å².